The van der Waals surface area contributed by atoms with Crippen LogP contribution in [0.3, 0.4) is 0 Å². The van der Waals surface area contributed by atoms with E-state index in [9.17, 15) is 23.1 Å². The molecule has 0 unspecified atom stereocenters. The smallest absolute Gasteiger partial charge is 0.389 e. The second-order valence-corrected chi connectivity index (χ2v) is 7.13. The molecule has 0 heterocycles. The second kappa shape index (κ2) is 8.72. The maximum Gasteiger partial charge on any atom is 0.389 e. The molecule has 1 fully saturated rings. The first kappa shape index (κ1) is 19.8. The molecular weight excluding hydrogens is 329 g/mol. The van der Waals surface area contributed by atoms with E-state index in [1.807, 2.05) is 24.3 Å². The molecule has 0 spiro atoms. The lowest BCUT2D eigenvalue weighted by atomic mass is 9.89. The molecular formula is C20H27F3O2. The van der Waals surface area contributed by atoms with Gasteiger partial charge in [0, 0.05) is 6.42 Å². The second-order valence-electron chi connectivity index (χ2n) is 7.13. The van der Waals surface area contributed by atoms with Gasteiger partial charge in [-0.25, -0.2) is 0 Å². The van der Waals surface area contributed by atoms with Crippen molar-refractivity contribution >= 4 is 5.97 Å². The predicted molar refractivity (Wildman–Crippen MR) is 91.7 cm³/mol. The van der Waals surface area contributed by atoms with E-state index in [2.05, 4.69) is 0 Å². The molecule has 0 aliphatic heterocycles. The topological polar surface area (TPSA) is 37.3 Å². The molecule has 2 nitrogen and oxygen atoms in total. The zero-order valence-corrected chi connectivity index (χ0v) is 14.6. The van der Waals surface area contributed by atoms with Crippen LogP contribution in [0.25, 0.3) is 0 Å². The standard InChI is InChI=1S/C20H27F3O2/c21-20(22,23)13-9-5-3-1-2-4-6-10-16-11-7-8-12-17(16)19(14-15-19)18(24)25/h7-8,11-12H,1-6,9-10,13-15H2,(H,24,25). The zero-order valence-electron chi connectivity index (χ0n) is 14.6. The van der Waals surface area contributed by atoms with Crippen molar-refractivity contribution in [2.75, 3.05) is 0 Å². The molecule has 0 atom stereocenters. The van der Waals surface area contributed by atoms with Crippen molar-refractivity contribution < 1.29 is 23.1 Å². The SMILES string of the molecule is O=C(O)C1(c2ccccc2CCCCCCCCCC(F)(F)F)CC1. The van der Waals surface area contributed by atoms with Crippen LogP contribution in [-0.2, 0) is 16.6 Å². The molecule has 0 amide bonds. The quantitative estimate of drug-likeness (QED) is 0.492. The van der Waals surface area contributed by atoms with Crippen LogP contribution in [0.2, 0.25) is 0 Å². The number of carboxylic acid groups (broad SMARTS) is 1. The number of benzene rings is 1. The van der Waals surface area contributed by atoms with E-state index < -0.39 is 24.0 Å². The number of halogens is 3. The van der Waals surface area contributed by atoms with Gasteiger partial charge in [-0.2, -0.15) is 13.2 Å². The molecule has 0 radical (unpaired) electrons. The number of rotatable bonds is 11. The van der Waals surface area contributed by atoms with E-state index in [0.717, 1.165) is 62.5 Å². The summed E-state index contributed by atoms with van der Waals surface area (Å²) < 4.78 is 36.1. The van der Waals surface area contributed by atoms with E-state index in [4.69, 9.17) is 0 Å². The van der Waals surface area contributed by atoms with E-state index in [-0.39, 0.29) is 6.42 Å². The first-order valence-electron chi connectivity index (χ1n) is 9.24. The number of unbranched alkanes of at least 4 members (excludes halogenated alkanes) is 6. The summed E-state index contributed by atoms with van der Waals surface area (Å²) in [6, 6.07) is 7.83. The third-order valence-corrected chi connectivity index (χ3v) is 5.10. The van der Waals surface area contributed by atoms with Crippen LogP contribution < -0.4 is 0 Å². The lowest BCUT2D eigenvalue weighted by Crippen LogP contribution is -2.21. The van der Waals surface area contributed by atoms with Gasteiger partial charge in [-0.05, 0) is 43.2 Å². The number of carboxylic acids is 1. The Morgan fingerprint density at radius 2 is 1.52 bits per heavy atom. The summed E-state index contributed by atoms with van der Waals surface area (Å²) in [5.41, 5.74) is 1.44. The van der Waals surface area contributed by atoms with Crippen LogP contribution in [0.4, 0.5) is 13.2 Å². The van der Waals surface area contributed by atoms with Gasteiger partial charge in [0.25, 0.3) is 0 Å². The van der Waals surface area contributed by atoms with E-state index >= 15 is 0 Å². The highest BCUT2D eigenvalue weighted by Gasteiger charge is 2.52. The van der Waals surface area contributed by atoms with Crippen LogP contribution >= 0.6 is 0 Å². The maximum absolute atomic E-state index is 12.0. The van der Waals surface area contributed by atoms with E-state index in [0.29, 0.717) is 6.42 Å². The van der Waals surface area contributed by atoms with Gasteiger partial charge in [-0.1, -0.05) is 56.4 Å². The average Bonchev–Trinajstić information content (AvgIpc) is 3.34. The summed E-state index contributed by atoms with van der Waals surface area (Å²) in [7, 11) is 0. The van der Waals surface area contributed by atoms with Crippen LogP contribution in [0, 0.1) is 0 Å². The fraction of sp³-hybridized carbons (Fsp3) is 0.650. The van der Waals surface area contributed by atoms with Gasteiger partial charge in [-0.3, -0.25) is 4.79 Å². The van der Waals surface area contributed by atoms with Gasteiger partial charge >= 0.3 is 12.1 Å². The lowest BCUT2D eigenvalue weighted by molar-refractivity contribution is -0.140. The van der Waals surface area contributed by atoms with E-state index in [1.165, 1.54) is 0 Å². The molecule has 25 heavy (non-hydrogen) atoms. The average molecular weight is 356 g/mol. The summed E-state index contributed by atoms with van der Waals surface area (Å²) in [6.45, 7) is 0. The number of hydrogen-bond donors (Lipinski definition) is 1. The van der Waals surface area contributed by atoms with Crippen LogP contribution in [0.5, 0.6) is 0 Å². The molecule has 1 aliphatic carbocycles. The number of aryl methyl sites for hydroxylation is 1. The first-order valence-corrected chi connectivity index (χ1v) is 9.24. The van der Waals surface area contributed by atoms with Gasteiger partial charge in [0.15, 0.2) is 0 Å². The molecule has 1 aromatic rings. The summed E-state index contributed by atoms with van der Waals surface area (Å²) in [5, 5.41) is 9.47. The van der Waals surface area contributed by atoms with Gasteiger partial charge in [0.2, 0.25) is 0 Å². The van der Waals surface area contributed by atoms with Gasteiger partial charge in [-0.15, -0.1) is 0 Å². The molecule has 1 N–H and O–H groups in total. The molecule has 2 rings (SSSR count). The van der Waals surface area contributed by atoms with Crippen molar-refractivity contribution in [1.29, 1.82) is 0 Å². The number of carbonyl (C=O) groups is 1. The van der Waals surface area contributed by atoms with Crippen LogP contribution in [-0.4, -0.2) is 17.3 Å². The minimum absolute atomic E-state index is 0.230. The zero-order chi connectivity index (χ0) is 18.3. The first-order chi connectivity index (χ1) is 11.9. The monoisotopic (exact) mass is 356 g/mol. The molecule has 5 heteroatoms. The van der Waals surface area contributed by atoms with Crippen LogP contribution in [0.1, 0.15) is 75.3 Å². The van der Waals surface area contributed by atoms with Crippen LogP contribution in [0.15, 0.2) is 24.3 Å². The number of aliphatic carboxylic acids is 1. The van der Waals surface area contributed by atoms with Gasteiger partial charge in [0.05, 0.1) is 5.41 Å². The summed E-state index contributed by atoms with van der Waals surface area (Å²) in [6.07, 6.45) is 3.37. The highest BCUT2D eigenvalue weighted by Crippen LogP contribution is 2.49. The van der Waals surface area contributed by atoms with Crippen molar-refractivity contribution in [1.82, 2.24) is 0 Å². The highest BCUT2D eigenvalue weighted by atomic mass is 19.4. The fourth-order valence-corrected chi connectivity index (χ4v) is 3.45. The third kappa shape index (κ3) is 6.05. The van der Waals surface area contributed by atoms with Gasteiger partial charge < -0.3 is 5.11 Å². The number of alkyl halides is 3. The van der Waals surface area contributed by atoms with Gasteiger partial charge in [0.1, 0.15) is 0 Å². The Morgan fingerprint density at radius 1 is 0.960 bits per heavy atom. The minimum Gasteiger partial charge on any atom is -0.481 e. The fourth-order valence-electron chi connectivity index (χ4n) is 3.45. The van der Waals surface area contributed by atoms with Crippen molar-refractivity contribution in [2.45, 2.75) is 82.2 Å². The van der Waals surface area contributed by atoms with Crippen molar-refractivity contribution in [3.63, 3.8) is 0 Å². The molecule has 1 saturated carbocycles. The molecule has 0 aromatic heterocycles. The Kier molecular flexibility index (Phi) is 6.91. The molecule has 1 aliphatic rings. The molecule has 140 valence electrons. The maximum atomic E-state index is 12.0. The Hall–Kier alpha value is -1.52. The predicted octanol–water partition coefficient (Wildman–Crippen LogP) is 6.03. The summed E-state index contributed by atoms with van der Waals surface area (Å²) >= 11 is 0. The summed E-state index contributed by atoms with van der Waals surface area (Å²) in [5.74, 6) is -0.723. The lowest BCUT2D eigenvalue weighted by Gasteiger charge is -2.15. The summed E-state index contributed by atoms with van der Waals surface area (Å²) in [4.78, 5) is 11.5. The third-order valence-electron chi connectivity index (χ3n) is 5.10. The van der Waals surface area contributed by atoms with Crippen molar-refractivity contribution in [2.24, 2.45) is 0 Å². The number of hydrogen-bond acceptors (Lipinski definition) is 1. The molecule has 0 bridgehead atoms. The van der Waals surface area contributed by atoms with E-state index in [1.54, 1.807) is 0 Å². The Balaban J connectivity index is 1.64. The largest absolute Gasteiger partial charge is 0.481 e. The van der Waals surface area contributed by atoms with Crippen molar-refractivity contribution in [3.8, 4) is 0 Å². The van der Waals surface area contributed by atoms with Crippen molar-refractivity contribution in [3.05, 3.63) is 35.4 Å². The molecule has 0 saturated heterocycles. The minimum atomic E-state index is -4.03. The molecule has 1 aromatic carbocycles. The Morgan fingerprint density at radius 3 is 2.08 bits per heavy atom. The Bertz CT molecular complexity index is 562. The normalized spacial score (nSPS) is 16.0. The highest BCUT2D eigenvalue weighted by molar-refractivity contribution is 5.85. The Labute approximate surface area is 147 Å².